The molecular weight excluding hydrogens is 278 g/mol. The van der Waals surface area contributed by atoms with Crippen LogP contribution < -0.4 is 0 Å². The third-order valence-corrected chi connectivity index (χ3v) is 4.24. The Balaban J connectivity index is 2.24. The summed E-state index contributed by atoms with van der Waals surface area (Å²) in [6.07, 6.45) is 3.49. The largest absolute Gasteiger partial charge is 0.426 e. The number of carbonyl (C=O) groups is 1. The summed E-state index contributed by atoms with van der Waals surface area (Å²) in [6.45, 7) is 1.35. The van der Waals surface area contributed by atoms with Gasteiger partial charge in [0.2, 0.25) is 5.79 Å². The highest BCUT2D eigenvalue weighted by Crippen LogP contribution is 2.46. The lowest BCUT2D eigenvalue weighted by Gasteiger charge is -2.24. The van der Waals surface area contributed by atoms with Crippen LogP contribution in [0.4, 0.5) is 8.78 Å². The van der Waals surface area contributed by atoms with Crippen molar-refractivity contribution in [3.05, 3.63) is 41.0 Å². The number of hydrogen-bond acceptors (Lipinski definition) is 3. The molecule has 5 heteroatoms. The van der Waals surface area contributed by atoms with Crippen LogP contribution in [0, 0.1) is 17.6 Å². The van der Waals surface area contributed by atoms with Crippen LogP contribution in [0.15, 0.2) is 23.8 Å². The summed E-state index contributed by atoms with van der Waals surface area (Å²) in [7, 11) is 0. The zero-order valence-electron chi connectivity index (χ0n) is 11.7. The molecule has 0 spiro atoms. The molecule has 1 saturated carbocycles. The van der Waals surface area contributed by atoms with E-state index >= 15 is 0 Å². The number of halogens is 2. The van der Waals surface area contributed by atoms with E-state index < -0.39 is 29.0 Å². The normalized spacial score (nSPS) is 26.6. The van der Waals surface area contributed by atoms with E-state index in [0.717, 1.165) is 37.8 Å². The van der Waals surface area contributed by atoms with Crippen molar-refractivity contribution < 1.29 is 23.4 Å². The van der Waals surface area contributed by atoms with E-state index in [9.17, 15) is 18.7 Å². The molecule has 1 unspecified atom stereocenters. The van der Waals surface area contributed by atoms with E-state index in [-0.39, 0.29) is 11.5 Å². The van der Waals surface area contributed by atoms with Gasteiger partial charge >= 0.3 is 5.97 Å². The first-order valence-electron chi connectivity index (χ1n) is 7.06. The van der Waals surface area contributed by atoms with Crippen LogP contribution in [-0.2, 0) is 9.53 Å². The summed E-state index contributed by atoms with van der Waals surface area (Å²) in [5.74, 6) is -4.40. The van der Waals surface area contributed by atoms with Gasteiger partial charge in [0.1, 0.15) is 11.6 Å². The molecule has 1 heterocycles. The fourth-order valence-electron chi connectivity index (χ4n) is 3.40. The number of cyclic esters (lactones) is 1. The van der Waals surface area contributed by atoms with Crippen molar-refractivity contribution in [2.75, 3.05) is 0 Å². The first-order chi connectivity index (χ1) is 9.92. The number of benzene rings is 1. The molecule has 0 saturated heterocycles. The number of esters is 1. The van der Waals surface area contributed by atoms with Crippen molar-refractivity contribution in [1.82, 2.24) is 0 Å². The maximum Gasteiger partial charge on any atom is 0.341 e. The number of carbonyl (C=O) groups excluding carboxylic acids is 1. The van der Waals surface area contributed by atoms with Crippen molar-refractivity contribution in [2.45, 2.75) is 38.4 Å². The standard InChI is InChI=1S/C16H16F2O3/c1-16(20)14(9-5-2-3-6-9)13(15(19)21-16)12-10(17)7-4-8-11(12)18/h4,7-9,20H,2-3,5-6H2,1H3. The van der Waals surface area contributed by atoms with Crippen molar-refractivity contribution in [1.29, 1.82) is 0 Å². The molecule has 21 heavy (non-hydrogen) atoms. The predicted molar refractivity (Wildman–Crippen MR) is 72.0 cm³/mol. The number of ether oxygens (including phenoxy) is 1. The Hall–Kier alpha value is -1.75. The van der Waals surface area contributed by atoms with Crippen molar-refractivity contribution in [3.8, 4) is 0 Å². The van der Waals surface area contributed by atoms with E-state index in [2.05, 4.69) is 0 Å². The summed E-state index contributed by atoms with van der Waals surface area (Å²) in [6, 6.07) is 3.43. The maximum absolute atomic E-state index is 14.0. The third-order valence-electron chi connectivity index (χ3n) is 4.24. The first kappa shape index (κ1) is 14.2. The molecule has 3 nitrogen and oxygen atoms in total. The van der Waals surface area contributed by atoms with Crippen LogP contribution in [-0.4, -0.2) is 16.9 Å². The van der Waals surface area contributed by atoms with Crippen molar-refractivity contribution in [3.63, 3.8) is 0 Å². The lowest BCUT2D eigenvalue weighted by atomic mass is 9.86. The van der Waals surface area contributed by atoms with E-state index in [0.29, 0.717) is 5.57 Å². The summed E-state index contributed by atoms with van der Waals surface area (Å²) in [5, 5.41) is 10.4. The molecule has 0 aromatic heterocycles. The minimum Gasteiger partial charge on any atom is -0.426 e. The summed E-state index contributed by atoms with van der Waals surface area (Å²) < 4.78 is 33.0. The first-order valence-corrected chi connectivity index (χ1v) is 7.06. The topological polar surface area (TPSA) is 46.5 Å². The van der Waals surface area contributed by atoms with Gasteiger partial charge in [0, 0.05) is 12.5 Å². The van der Waals surface area contributed by atoms with Crippen LogP contribution in [0.3, 0.4) is 0 Å². The second kappa shape index (κ2) is 4.91. The molecule has 1 N–H and O–H groups in total. The molecule has 1 fully saturated rings. The van der Waals surface area contributed by atoms with Crippen molar-refractivity contribution in [2.24, 2.45) is 5.92 Å². The summed E-state index contributed by atoms with van der Waals surface area (Å²) in [4.78, 5) is 12.1. The lowest BCUT2D eigenvalue weighted by molar-refractivity contribution is -0.176. The number of aliphatic hydroxyl groups is 1. The third kappa shape index (κ3) is 2.25. The molecule has 1 aromatic carbocycles. The highest BCUT2D eigenvalue weighted by atomic mass is 19.1. The molecule has 1 atom stereocenters. The Labute approximate surface area is 121 Å². The molecule has 0 amide bonds. The predicted octanol–water partition coefficient (Wildman–Crippen LogP) is 3.17. The van der Waals surface area contributed by atoms with Crippen LogP contribution >= 0.6 is 0 Å². The average Bonchev–Trinajstić information content (AvgIpc) is 2.96. The van der Waals surface area contributed by atoms with Gasteiger partial charge in [-0.2, -0.15) is 0 Å². The maximum atomic E-state index is 14.0. The van der Waals surface area contributed by atoms with Gasteiger partial charge in [-0.1, -0.05) is 18.9 Å². The summed E-state index contributed by atoms with van der Waals surface area (Å²) >= 11 is 0. The fourth-order valence-corrected chi connectivity index (χ4v) is 3.40. The minimum absolute atomic E-state index is 0.0829. The molecular formula is C16H16F2O3. The van der Waals surface area contributed by atoms with E-state index in [1.807, 2.05) is 0 Å². The zero-order valence-corrected chi connectivity index (χ0v) is 11.7. The van der Waals surface area contributed by atoms with Crippen molar-refractivity contribution >= 4 is 11.5 Å². The van der Waals surface area contributed by atoms with E-state index in [1.54, 1.807) is 0 Å². The SMILES string of the molecule is CC1(O)OC(=O)C(c2c(F)cccc2F)=C1C1CCCC1. The minimum atomic E-state index is -1.80. The highest BCUT2D eigenvalue weighted by molar-refractivity contribution is 6.20. The Kier molecular flexibility index (Phi) is 3.32. The van der Waals surface area contributed by atoms with Gasteiger partial charge in [0.05, 0.1) is 11.1 Å². The quantitative estimate of drug-likeness (QED) is 0.852. The molecule has 3 rings (SSSR count). The monoisotopic (exact) mass is 294 g/mol. The van der Waals surface area contributed by atoms with Crippen LogP contribution in [0.1, 0.15) is 38.2 Å². The molecule has 2 aliphatic rings. The molecule has 0 radical (unpaired) electrons. The lowest BCUT2D eigenvalue weighted by Crippen LogP contribution is -2.30. The molecule has 0 bridgehead atoms. The zero-order chi connectivity index (χ0) is 15.2. The van der Waals surface area contributed by atoms with Gasteiger partial charge in [0.25, 0.3) is 0 Å². The Morgan fingerprint density at radius 1 is 1.24 bits per heavy atom. The molecule has 1 aliphatic heterocycles. The number of hydrogen-bond donors (Lipinski definition) is 1. The molecule has 112 valence electrons. The van der Waals surface area contributed by atoms with Gasteiger partial charge in [-0.15, -0.1) is 0 Å². The fraction of sp³-hybridized carbons (Fsp3) is 0.438. The van der Waals surface area contributed by atoms with E-state index in [4.69, 9.17) is 4.74 Å². The molecule has 1 aromatic rings. The average molecular weight is 294 g/mol. The summed E-state index contributed by atoms with van der Waals surface area (Å²) in [5.41, 5.74) is -0.237. The van der Waals surface area contributed by atoms with E-state index in [1.165, 1.54) is 13.0 Å². The second-order valence-electron chi connectivity index (χ2n) is 5.74. The Morgan fingerprint density at radius 3 is 2.38 bits per heavy atom. The van der Waals surface area contributed by atoms with Gasteiger partial charge in [0.15, 0.2) is 0 Å². The smallest absolute Gasteiger partial charge is 0.341 e. The second-order valence-corrected chi connectivity index (χ2v) is 5.74. The Bertz CT molecular complexity index is 608. The number of rotatable bonds is 2. The van der Waals surface area contributed by atoms with Crippen LogP contribution in [0.2, 0.25) is 0 Å². The van der Waals surface area contributed by atoms with Gasteiger partial charge in [-0.25, -0.2) is 13.6 Å². The van der Waals surface area contributed by atoms with Crippen LogP contribution in [0.5, 0.6) is 0 Å². The molecule has 1 aliphatic carbocycles. The highest BCUT2D eigenvalue weighted by Gasteiger charge is 2.47. The van der Waals surface area contributed by atoms with Gasteiger partial charge in [-0.3, -0.25) is 0 Å². The Morgan fingerprint density at radius 2 is 1.81 bits per heavy atom. The van der Waals surface area contributed by atoms with Gasteiger partial charge < -0.3 is 9.84 Å². The van der Waals surface area contributed by atoms with Gasteiger partial charge in [-0.05, 0) is 30.9 Å². The van der Waals surface area contributed by atoms with Crippen LogP contribution in [0.25, 0.3) is 5.57 Å².